The fraction of sp³-hybridized carbons (Fsp3) is 0.650. The van der Waals surface area contributed by atoms with Gasteiger partial charge in [0.2, 0.25) is 0 Å². The van der Waals surface area contributed by atoms with Crippen LogP contribution in [0.4, 0.5) is 4.79 Å². The Hall–Kier alpha value is -1.45. The molecule has 0 aromatic carbocycles. The first-order valence-electron chi connectivity index (χ1n) is 9.46. The summed E-state index contributed by atoms with van der Waals surface area (Å²) in [5, 5.41) is 0.428. The number of hydrogen-bond donors (Lipinski definition) is 1. The van der Waals surface area contributed by atoms with Crippen LogP contribution in [0.5, 0.6) is 0 Å². The van der Waals surface area contributed by atoms with E-state index in [0.29, 0.717) is 11.7 Å². The molecular weight excluding hydrogens is 410 g/mol. The minimum Gasteiger partial charge on any atom is -0.468 e. The lowest BCUT2D eigenvalue weighted by Crippen LogP contribution is -2.36. The van der Waals surface area contributed by atoms with Gasteiger partial charge in [0.05, 0.1) is 7.11 Å². The zero-order valence-corrected chi connectivity index (χ0v) is 19.7. The number of nitrogens with zero attached hydrogens (tertiary/aromatic N) is 2. The van der Waals surface area contributed by atoms with Crippen molar-refractivity contribution in [1.82, 2.24) is 9.88 Å². The first-order valence-corrected chi connectivity index (χ1v) is 11.8. The van der Waals surface area contributed by atoms with Crippen LogP contribution in [-0.2, 0) is 14.3 Å². The van der Waals surface area contributed by atoms with Crippen molar-refractivity contribution in [2.75, 3.05) is 25.7 Å². The number of ether oxygens (including phenoxy) is 2. The van der Waals surface area contributed by atoms with E-state index in [4.69, 9.17) is 10.5 Å². The Balaban J connectivity index is 0.000000331. The Labute approximate surface area is 182 Å². The summed E-state index contributed by atoms with van der Waals surface area (Å²) in [6.45, 7) is 8.40. The van der Waals surface area contributed by atoms with E-state index < -0.39 is 11.6 Å². The van der Waals surface area contributed by atoms with E-state index in [2.05, 4.69) is 9.72 Å². The fourth-order valence-electron chi connectivity index (χ4n) is 2.48. The molecular formula is C20H33N3O4S2. The molecule has 0 radical (unpaired) electrons. The van der Waals surface area contributed by atoms with Crippen molar-refractivity contribution in [2.45, 2.75) is 56.4 Å². The van der Waals surface area contributed by atoms with Crippen LogP contribution in [0.1, 0.15) is 45.1 Å². The van der Waals surface area contributed by atoms with Crippen LogP contribution < -0.4 is 5.73 Å². The number of carbonyl (C=O) groups excluding carboxylic acids is 2. The van der Waals surface area contributed by atoms with E-state index >= 15 is 0 Å². The Kier molecular flexibility index (Phi) is 10.8. The van der Waals surface area contributed by atoms with Crippen LogP contribution >= 0.6 is 23.5 Å². The smallest absolute Gasteiger partial charge is 0.411 e. The van der Waals surface area contributed by atoms with Crippen LogP contribution in [0.3, 0.4) is 0 Å². The standard InChI is InChI=1S/C13H18N2O2S.C7H15NO2S/c1-13(2,3)17-12(16)15-7-8-18-11(15)10-5-4-6-14-9-10;1-5(11-3)4-6(8)7(9)10-2/h4-6,9,11H,7-8H2,1-3H3;5-6H,4,8H2,1-3H3/t;5?,6-/m.0/s1. The molecule has 2 heterocycles. The van der Waals surface area contributed by atoms with E-state index in [0.717, 1.165) is 17.9 Å². The molecule has 1 amide bonds. The summed E-state index contributed by atoms with van der Waals surface area (Å²) in [4.78, 5) is 28.8. The summed E-state index contributed by atoms with van der Waals surface area (Å²) >= 11 is 3.44. The van der Waals surface area contributed by atoms with Gasteiger partial charge in [-0.2, -0.15) is 11.8 Å². The van der Waals surface area contributed by atoms with Gasteiger partial charge in [-0.1, -0.05) is 13.0 Å². The molecule has 1 fully saturated rings. The third-order valence-corrected chi connectivity index (χ3v) is 6.24. The minimum atomic E-state index is -0.470. The van der Waals surface area contributed by atoms with E-state index in [1.807, 2.05) is 46.1 Å². The summed E-state index contributed by atoms with van der Waals surface area (Å²) in [6.07, 6.45) is 5.96. The molecule has 2 rings (SSSR count). The lowest BCUT2D eigenvalue weighted by atomic mass is 10.2. The first kappa shape index (κ1) is 25.6. The summed E-state index contributed by atoms with van der Waals surface area (Å²) in [6, 6.07) is 3.41. The lowest BCUT2D eigenvalue weighted by Gasteiger charge is -2.28. The lowest BCUT2D eigenvalue weighted by molar-refractivity contribution is -0.142. The molecule has 0 aliphatic carbocycles. The molecule has 1 aliphatic heterocycles. The van der Waals surface area contributed by atoms with Crippen molar-refractivity contribution in [3.8, 4) is 0 Å². The Morgan fingerprint density at radius 2 is 2.14 bits per heavy atom. The number of hydrogen-bond acceptors (Lipinski definition) is 8. The maximum atomic E-state index is 12.1. The summed E-state index contributed by atoms with van der Waals surface area (Å²) < 4.78 is 9.91. The quantitative estimate of drug-likeness (QED) is 0.689. The van der Waals surface area contributed by atoms with Crippen LogP contribution in [0.25, 0.3) is 0 Å². The highest BCUT2D eigenvalue weighted by molar-refractivity contribution is 7.99. The summed E-state index contributed by atoms with van der Waals surface area (Å²) in [7, 11) is 1.35. The predicted molar refractivity (Wildman–Crippen MR) is 120 cm³/mol. The van der Waals surface area contributed by atoms with Gasteiger partial charge in [0.1, 0.15) is 17.0 Å². The highest BCUT2D eigenvalue weighted by atomic mass is 32.2. The Morgan fingerprint density at radius 3 is 2.66 bits per heavy atom. The molecule has 0 saturated carbocycles. The van der Waals surface area contributed by atoms with Crippen LogP contribution in [0.15, 0.2) is 24.5 Å². The monoisotopic (exact) mass is 443 g/mol. The largest absolute Gasteiger partial charge is 0.468 e. The van der Waals surface area contributed by atoms with E-state index in [-0.39, 0.29) is 17.4 Å². The van der Waals surface area contributed by atoms with Gasteiger partial charge in [0, 0.05) is 35.5 Å². The van der Waals surface area contributed by atoms with Gasteiger partial charge in [-0.25, -0.2) is 4.79 Å². The van der Waals surface area contributed by atoms with Crippen molar-refractivity contribution in [2.24, 2.45) is 5.73 Å². The van der Waals surface area contributed by atoms with Gasteiger partial charge in [0.15, 0.2) is 0 Å². The van der Waals surface area contributed by atoms with Crippen molar-refractivity contribution in [3.05, 3.63) is 30.1 Å². The molecule has 0 bridgehead atoms. The van der Waals surface area contributed by atoms with Gasteiger partial charge < -0.3 is 15.2 Å². The number of nitrogens with two attached hydrogens (primary N) is 1. The zero-order valence-electron chi connectivity index (χ0n) is 18.1. The van der Waals surface area contributed by atoms with Gasteiger partial charge >= 0.3 is 12.1 Å². The van der Waals surface area contributed by atoms with E-state index in [1.54, 1.807) is 40.8 Å². The van der Waals surface area contributed by atoms with Crippen molar-refractivity contribution >= 4 is 35.6 Å². The number of esters is 1. The first-order chi connectivity index (χ1) is 13.6. The van der Waals surface area contributed by atoms with Crippen LogP contribution in [-0.4, -0.2) is 64.5 Å². The Morgan fingerprint density at radius 1 is 1.45 bits per heavy atom. The minimum absolute atomic E-state index is 0.0218. The second-order valence-corrected chi connectivity index (χ2v) is 10.1. The third-order valence-electron chi connectivity index (χ3n) is 3.98. The second kappa shape index (κ2) is 12.3. The molecule has 1 saturated heterocycles. The molecule has 0 spiro atoms. The highest BCUT2D eigenvalue weighted by Crippen LogP contribution is 2.38. The average Bonchev–Trinajstić information content (AvgIpc) is 3.17. The highest BCUT2D eigenvalue weighted by Gasteiger charge is 2.33. The van der Waals surface area contributed by atoms with Crippen molar-refractivity contribution < 1.29 is 19.1 Å². The fourth-order valence-corrected chi connectivity index (χ4v) is 4.11. The van der Waals surface area contributed by atoms with Gasteiger partial charge in [-0.15, -0.1) is 11.8 Å². The third kappa shape index (κ3) is 9.27. The summed E-state index contributed by atoms with van der Waals surface area (Å²) in [5.41, 5.74) is 6.11. The zero-order chi connectivity index (χ0) is 22.0. The van der Waals surface area contributed by atoms with Gasteiger partial charge in [-0.3, -0.25) is 14.7 Å². The normalized spacial score (nSPS) is 18.3. The van der Waals surface area contributed by atoms with Gasteiger partial charge in [0.25, 0.3) is 0 Å². The maximum Gasteiger partial charge on any atom is 0.411 e. The number of methoxy groups -OCH3 is 1. The summed E-state index contributed by atoms with van der Waals surface area (Å²) in [5.74, 6) is 0.601. The molecule has 9 heteroatoms. The number of aromatic nitrogens is 1. The molecule has 3 atom stereocenters. The van der Waals surface area contributed by atoms with E-state index in [9.17, 15) is 9.59 Å². The predicted octanol–water partition coefficient (Wildman–Crippen LogP) is 3.69. The molecule has 1 aromatic rings. The van der Waals surface area contributed by atoms with Gasteiger partial charge in [-0.05, 0) is 39.5 Å². The maximum absolute atomic E-state index is 12.1. The van der Waals surface area contributed by atoms with Crippen molar-refractivity contribution in [3.63, 3.8) is 0 Å². The molecule has 1 aliphatic rings. The number of thioether (sulfide) groups is 2. The topological polar surface area (TPSA) is 94.7 Å². The number of rotatable bonds is 5. The number of amides is 1. The molecule has 7 nitrogen and oxygen atoms in total. The molecule has 29 heavy (non-hydrogen) atoms. The number of pyridine rings is 1. The molecule has 2 N–H and O–H groups in total. The van der Waals surface area contributed by atoms with E-state index in [1.165, 1.54) is 7.11 Å². The molecule has 164 valence electrons. The van der Waals surface area contributed by atoms with Crippen LogP contribution in [0, 0.1) is 0 Å². The number of carbonyl (C=O) groups is 2. The molecule has 2 unspecified atom stereocenters. The average molecular weight is 444 g/mol. The molecule has 1 aromatic heterocycles. The van der Waals surface area contributed by atoms with Crippen molar-refractivity contribution in [1.29, 1.82) is 0 Å². The van der Waals surface area contributed by atoms with Crippen LogP contribution in [0.2, 0.25) is 0 Å². The second-order valence-electron chi connectivity index (χ2n) is 7.59. The SMILES string of the molecule is CC(C)(C)OC(=O)N1CCSC1c1cccnc1.COC(=O)[C@@H](N)CC(C)SC. The Bertz CT molecular complexity index is 640.